The Bertz CT molecular complexity index is 332. The molecule has 1 N–H and O–H groups in total. The van der Waals surface area contributed by atoms with Gasteiger partial charge in [0.05, 0.1) is 7.11 Å². The summed E-state index contributed by atoms with van der Waals surface area (Å²) in [7, 11) is 1.65. The minimum Gasteiger partial charge on any atom is -0.481 e. The summed E-state index contributed by atoms with van der Waals surface area (Å²) < 4.78 is 5.11. The lowest BCUT2D eigenvalue weighted by molar-refractivity contribution is 0.391. The van der Waals surface area contributed by atoms with Gasteiger partial charge >= 0.3 is 0 Å². The van der Waals surface area contributed by atoms with E-state index >= 15 is 0 Å². The molecule has 1 aliphatic rings. The van der Waals surface area contributed by atoms with Gasteiger partial charge in [-0.25, -0.2) is 4.98 Å². The number of aryl methyl sites for hydroxylation is 1. The van der Waals surface area contributed by atoms with Crippen molar-refractivity contribution in [2.45, 2.75) is 32.2 Å². The van der Waals surface area contributed by atoms with E-state index in [-0.39, 0.29) is 0 Å². The maximum Gasteiger partial charge on any atom is 0.213 e. The van der Waals surface area contributed by atoms with Crippen LogP contribution in [0.1, 0.15) is 36.4 Å². The largest absolute Gasteiger partial charge is 0.481 e. The normalized spacial score (nSPS) is 21.3. The molecule has 2 rings (SSSR count). The van der Waals surface area contributed by atoms with Crippen molar-refractivity contribution in [2.24, 2.45) is 0 Å². The first-order valence-electron chi connectivity index (χ1n) is 5.55. The second kappa shape index (κ2) is 4.62. The minimum atomic E-state index is 0.483. The molecule has 0 saturated carbocycles. The molecule has 0 amide bonds. The number of rotatable bonds is 2. The molecule has 1 atom stereocenters. The third-order valence-corrected chi connectivity index (χ3v) is 3.02. The second-order valence-corrected chi connectivity index (χ2v) is 4.09. The van der Waals surface area contributed by atoms with Crippen molar-refractivity contribution in [2.75, 3.05) is 13.7 Å². The molecule has 0 aromatic carbocycles. The first-order chi connectivity index (χ1) is 7.31. The van der Waals surface area contributed by atoms with Crippen molar-refractivity contribution in [3.63, 3.8) is 0 Å². The highest BCUT2D eigenvalue weighted by Crippen LogP contribution is 2.26. The van der Waals surface area contributed by atoms with E-state index in [1.807, 2.05) is 12.3 Å². The van der Waals surface area contributed by atoms with Gasteiger partial charge in [0.2, 0.25) is 5.88 Å². The Hall–Kier alpha value is -1.09. The molecule has 0 aliphatic carbocycles. The van der Waals surface area contributed by atoms with E-state index in [0.717, 1.165) is 6.54 Å². The van der Waals surface area contributed by atoms with E-state index in [1.54, 1.807) is 7.11 Å². The van der Waals surface area contributed by atoms with E-state index < -0.39 is 0 Å². The Labute approximate surface area is 90.9 Å². The zero-order valence-corrected chi connectivity index (χ0v) is 9.42. The number of aromatic nitrogens is 1. The molecule has 1 aromatic heterocycles. The predicted molar refractivity (Wildman–Crippen MR) is 60.1 cm³/mol. The Kier molecular flexibility index (Phi) is 3.21. The molecule has 0 unspecified atom stereocenters. The third-order valence-electron chi connectivity index (χ3n) is 3.02. The van der Waals surface area contributed by atoms with E-state index in [1.165, 1.54) is 30.4 Å². The lowest BCUT2D eigenvalue weighted by Gasteiger charge is -2.25. The average Bonchev–Trinajstić information content (AvgIpc) is 2.30. The molecule has 0 bridgehead atoms. The zero-order chi connectivity index (χ0) is 10.7. The summed E-state index contributed by atoms with van der Waals surface area (Å²) >= 11 is 0. The highest BCUT2D eigenvalue weighted by Gasteiger charge is 2.16. The van der Waals surface area contributed by atoms with Gasteiger partial charge in [0.25, 0.3) is 0 Å². The molecule has 82 valence electrons. The van der Waals surface area contributed by atoms with Gasteiger partial charge in [0.1, 0.15) is 0 Å². The van der Waals surface area contributed by atoms with Gasteiger partial charge in [-0.2, -0.15) is 0 Å². The van der Waals surface area contributed by atoms with Crippen LogP contribution >= 0.6 is 0 Å². The van der Waals surface area contributed by atoms with Crippen molar-refractivity contribution < 1.29 is 4.74 Å². The quantitative estimate of drug-likeness (QED) is 0.805. The van der Waals surface area contributed by atoms with Crippen LogP contribution in [0.15, 0.2) is 12.3 Å². The summed E-state index contributed by atoms with van der Waals surface area (Å²) in [5.41, 5.74) is 2.58. The lowest BCUT2D eigenvalue weighted by Crippen LogP contribution is -2.27. The minimum absolute atomic E-state index is 0.483. The first kappa shape index (κ1) is 10.4. The number of nitrogens with one attached hydrogen (secondary N) is 1. The number of nitrogens with zero attached hydrogens (tertiary/aromatic N) is 1. The van der Waals surface area contributed by atoms with Crippen molar-refractivity contribution in [3.05, 3.63) is 23.4 Å². The van der Waals surface area contributed by atoms with Crippen molar-refractivity contribution in [1.82, 2.24) is 10.3 Å². The van der Waals surface area contributed by atoms with E-state index in [2.05, 4.69) is 17.2 Å². The fourth-order valence-electron chi connectivity index (χ4n) is 2.13. The molecular formula is C12H18N2O. The SMILES string of the molecule is COc1cc(C)c([C@H]2CCCCN2)cn1. The molecule has 0 radical (unpaired) electrons. The Balaban J connectivity index is 2.19. The Morgan fingerprint density at radius 1 is 1.47 bits per heavy atom. The fourth-order valence-corrected chi connectivity index (χ4v) is 2.13. The molecule has 0 spiro atoms. The highest BCUT2D eigenvalue weighted by molar-refractivity contribution is 5.30. The molecule has 1 saturated heterocycles. The van der Waals surface area contributed by atoms with Crippen LogP contribution in [0.2, 0.25) is 0 Å². The van der Waals surface area contributed by atoms with Crippen LogP contribution in [0.4, 0.5) is 0 Å². The number of ether oxygens (including phenoxy) is 1. The molecule has 1 aromatic rings. The summed E-state index contributed by atoms with van der Waals surface area (Å²) in [6, 6.07) is 2.49. The average molecular weight is 206 g/mol. The summed E-state index contributed by atoms with van der Waals surface area (Å²) in [5, 5.41) is 3.53. The number of methoxy groups -OCH3 is 1. The maximum atomic E-state index is 5.11. The smallest absolute Gasteiger partial charge is 0.213 e. The van der Waals surface area contributed by atoms with Crippen molar-refractivity contribution >= 4 is 0 Å². The molecule has 1 fully saturated rings. The molecule has 2 heterocycles. The Morgan fingerprint density at radius 2 is 2.33 bits per heavy atom. The Morgan fingerprint density at radius 3 is 2.93 bits per heavy atom. The van der Waals surface area contributed by atoms with Crippen LogP contribution in [0, 0.1) is 6.92 Å². The summed E-state index contributed by atoms with van der Waals surface area (Å²) in [4.78, 5) is 4.27. The fraction of sp³-hybridized carbons (Fsp3) is 0.583. The van der Waals surface area contributed by atoms with Crippen molar-refractivity contribution in [3.8, 4) is 5.88 Å². The molecule has 3 nitrogen and oxygen atoms in total. The van der Waals surface area contributed by atoms with Gasteiger partial charge in [0, 0.05) is 18.3 Å². The van der Waals surface area contributed by atoms with E-state index in [4.69, 9.17) is 4.74 Å². The van der Waals surface area contributed by atoms with E-state index in [9.17, 15) is 0 Å². The van der Waals surface area contributed by atoms with Crippen LogP contribution < -0.4 is 10.1 Å². The van der Waals surface area contributed by atoms with Crippen LogP contribution in [-0.4, -0.2) is 18.6 Å². The summed E-state index contributed by atoms with van der Waals surface area (Å²) in [6.45, 7) is 3.24. The van der Waals surface area contributed by atoms with Gasteiger partial charge in [0.15, 0.2) is 0 Å². The second-order valence-electron chi connectivity index (χ2n) is 4.09. The maximum absolute atomic E-state index is 5.11. The van der Waals surface area contributed by atoms with Crippen LogP contribution in [0.25, 0.3) is 0 Å². The predicted octanol–water partition coefficient (Wildman–Crippen LogP) is 2.21. The number of hydrogen-bond donors (Lipinski definition) is 1. The first-order valence-corrected chi connectivity index (χ1v) is 5.55. The third kappa shape index (κ3) is 2.29. The number of pyridine rings is 1. The van der Waals surface area contributed by atoms with Crippen molar-refractivity contribution in [1.29, 1.82) is 0 Å². The van der Waals surface area contributed by atoms with Crippen LogP contribution in [0.3, 0.4) is 0 Å². The molecule has 15 heavy (non-hydrogen) atoms. The van der Waals surface area contributed by atoms with Gasteiger partial charge in [-0.05, 0) is 37.4 Å². The van der Waals surface area contributed by atoms with E-state index in [0.29, 0.717) is 11.9 Å². The zero-order valence-electron chi connectivity index (χ0n) is 9.42. The highest BCUT2D eigenvalue weighted by atomic mass is 16.5. The lowest BCUT2D eigenvalue weighted by atomic mass is 9.96. The van der Waals surface area contributed by atoms with Crippen LogP contribution in [-0.2, 0) is 0 Å². The van der Waals surface area contributed by atoms with Gasteiger partial charge in [-0.1, -0.05) is 6.42 Å². The summed E-state index contributed by atoms with van der Waals surface area (Å²) in [5.74, 6) is 0.701. The van der Waals surface area contributed by atoms with Gasteiger partial charge in [-0.3, -0.25) is 0 Å². The summed E-state index contributed by atoms with van der Waals surface area (Å²) in [6.07, 6.45) is 5.76. The number of hydrogen-bond acceptors (Lipinski definition) is 3. The van der Waals surface area contributed by atoms with Crippen LogP contribution in [0.5, 0.6) is 5.88 Å². The van der Waals surface area contributed by atoms with Gasteiger partial charge in [-0.15, -0.1) is 0 Å². The van der Waals surface area contributed by atoms with Gasteiger partial charge < -0.3 is 10.1 Å². The molecule has 1 aliphatic heterocycles. The monoisotopic (exact) mass is 206 g/mol. The molecule has 3 heteroatoms. The molecular weight excluding hydrogens is 188 g/mol. The number of piperidine rings is 1. The standard InChI is InChI=1S/C12H18N2O/c1-9-7-12(15-2)14-8-10(9)11-5-3-4-6-13-11/h7-8,11,13H,3-6H2,1-2H3/t11-/m1/s1. The topological polar surface area (TPSA) is 34.1 Å².